The third kappa shape index (κ3) is 4.02. The zero-order valence-electron chi connectivity index (χ0n) is 15.3. The molecule has 0 aliphatic rings. The van der Waals surface area contributed by atoms with Crippen LogP contribution in [-0.2, 0) is 20.8 Å². The first-order valence-electron chi connectivity index (χ1n) is 8.83. The van der Waals surface area contributed by atoms with Crippen LogP contribution >= 0.6 is 0 Å². The Morgan fingerprint density at radius 3 is 1.68 bits per heavy atom. The van der Waals surface area contributed by atoms with Crippen LogP contribution in [0.15, 0.2) is 95.4 Å². The summed E-state index contributed by atoms with van der Waals surface area (Å²) in [4.78, 5) is 13.5. The third-order valence-corrected chi connectivity index (χ3v) is 4.99. The molecular weight excluding hydrogens is 372 g/mol. The highest BCUT2D eigenvalue weighted by Gasteiger charge is 2.43. The van der Waals surface area contributed by atoms with E-state index in [1.165, 1.54) is 0 Å². The highest BCUT2D eigenvalue weighted by atomic mass is 32.2. The molecule has 6 heteroatoms. The average molecular weight is 392 g/mol. The van der Waals surface area contributed by atoms with Crippen molar-refractivity contribution in [1.29, 1.82) is 0 Å². The van der Waals surface area contributed by atoms with Gasteiger partial charge in [0.15, 0.2) is 0 Å². The van der Waals surface area contributed by atoms with E-state index in [0.29, 0.717) is 11.1 Å². The maximum absolute atomic E-state index is 13.5. The summed E-state index contributed by atoms with van der Waals surface area (Å²) in [7, 11) is -2.80. The lowest BCUT2D eigenvalue weighted by molar-refractivity contribution is -0.125. The molecule has 0 spiro atoms. The van der Waals surface area contributed by atoms with E-state index in [1.807, 2.05) is 37.3 Å². The fraction of sp³-hybridized carbons (Fsp3) is 0.136. The molecule has 1 amide bonds. The van der Waals surface area contributed by atoms with E-state index in [4.69, 9.17) is 0 Å². The SMILES string of the molecule is CC(NC(=O)C(N=S(=O)=O)(c1ccccc1)c1ccccc1)c1ccccc1. The van der Waals surface area contributed by atoms with Gasteiger partial charge in [0, 0.05) is 0 Å². The first-order valence-corrected chi connectivity index (χ1v) is 9.86. The number of rotatable bonds is 6. The second kappa shape index (κ2) is 8.63. The predicted octanol–water partition coefficient (Wildman–Crippen LogP) is 3.87. The lowest BCUT2D eigenvalue weighted by Gasteiger charge is -2.29. The molecule has 0 heterocycles. The van der Waals surface area contributed by atoms with Gasteiger partial charge in [-0.1, -0.05) is 91.0 Å². The van der Waals surface area contributed by atoms with Gasteiger partial charge in [-0.15, -0.1) is 4.36 Å². The van der Waals surface area contributed by atoms with Gasteiger partial charge in [0.25, 0.3) is 5.91 Å². The number of nitrogens with one attached hydrogen (secondary N) is 1. The molecule has 0 saturated heterocycles. The van der Waals surface area contributed by atoms with Crippen molar-refractivity contribution in [2.24, 2.45) is 4.36 Å². The highest BCUT2D eigenvalue weighted by molar-refractivity contribution is 7.61. The van der Waals surface area contributed by atoms with E-state index < -0.39 is 21.9 Å². The van der Waals surface area contributed by atoms with E-state index in [9.17, 15) is 13.2 Å². The first-order chi connectivity index (χ1) is 13.5. The van der Waals surface area contributed by atoms with Crippen LogP contribution in [0.2, 0.25) is 0 Å². The summed E-state index contributed by atoms with van der Waals surface area (Å²) in [5.41, 5.74) is 0.151. The highest BCUT2D eigenvalue weighted by Crippen LogP contribution is 2.35. The molecule has 142 valence electrons. The minimum atomic E-state index is -2.80. The number of nitrogens with zero attached hydrogens (tertiary/aromatic N) is 1. The fourth-order valence-electron chi connectivity index (χ4n) is 3.17. The molecule has 0 bridgehead atoms. The summed E-state index contributed by atoms with van der Waals surface area (Å²) < 4.78 is 27.3. The van der Waals surface area contributed by atoms with Gasteiger partial charge in [-0.05, 0) is 23.6 Å². The Bertz CT molecular complexity index is 1020. The molecule has 0 fully saturated rings. The molecule has 0 aliphatic carbocycles. The quantitative estimate of drug-likeness (QED) is 0.692. The standard InChI is InChI=1S/C22H20N2O3S/c1-17(18-11-5-2-6-12-18)23-21(25)22(24-28(26)27,19-13-7-3-8-14-19)20-15-9-4-10-16-20/h2-17H,1H3,(H,23,25). The number of hydrogen-bond acceptors (Lipinski definition) is 4. The van der Waals surface area contributed by atoms with Gasteiger partial charge in [-0.2, -0.15) is 8.42 Å². The van der Waals surface area contributed by atoms with Crippen LogP contribution in [0, 0.1) is 0 Å². The Kier molecular flexibility index (Phi) is 6.01. The van der Waals surface area contributed by atoms with Crippen LogP contribution < -0.4 is 5.32 Å². The van der Waals surface area contributed by atoms with E-state index in [0.717, 1.165) is 5.56 Å². The Balaban J connectivity index is 2.15. The molecule has 0 aliphatic heterocycles. The Hall–Kier alpha value is -3.25. The van der Waals surface area contributed by atoms with Crippen molar-refractivity contribution in [3.63, 3.8) is 0 Å². The molecule has 1 N–H and O–H groups in total. The van der Waals surface area contributed by atoms with Gasteiger partial charge in [0.1, 0.15) is 0 Å². The monoisotopic (exact) mass is 392 g/mol. The molecule has 0 aromatic heterocycles. The number of carbonyl (C=O) groups is 1. The van der Waals surface area contributed by atoms with E-state index in [-0.39, 0.29) is 6.04 Å². The number of hydrogen-bond donors (Lipinski definition) is 1. The van der Waals surface area contributed by atoms with Crippen LogP contribution in [0.3, 0.4) is 0 Å². The molecule has 28 heavy (non-hydrogen) atoms. The van der Waals surface area contributed by atoms with Gasteiger partial charge in [0.2, 0.25) is 5.54 Å². The molecule has 5 nitrogen and oxygen atoms in total. The second-order valence-electron chi connectivity index (χ2n) is 6.36. The van der Waals surface area contributed by atoms with Gasteiger partial charge < -0.3 is 5.32 Å². The molecule has 3 rings (SSSR count). The van der Waals surface area contributed by atoms with Gasteiger partial charge >= 0.3 is 10.5 Å². The minimum absolute atomic E-state index is 0.323. The number of benzene rings is 3. The topological polar surface area (TPSA) is 75.6 Å². The van der Waals surface area contributed by atoms with Crippen molar-refractivity contribution in [3.8, 4) is 0 Å². The summed E-state index contributed by atoms with van der Waals surface area (Å²) in [5.74, 6) is -0.509. The summed E-state index contributed by atoms with van der Waals surface area (Å²) in [6, 6.07) is 26.6. The van der Waals surface area contributed by atoms with Gasteiger partial charge in [0.05, 0.1) is 6.04 Å². The maximum atomic E-state index is 13.5. The van der Waals surface area contributed by atoms with E-state index >= 15 is 0 Å². The largest absolute Gasteiger partial charge is 0.347 e. The van der Waals surface area contributed by atoms with Crippen molar-refractivity contribution in [3.05, 3.63) is 108 Å². The molecule has 1 atom stereocenters. The van der Waals surface area contributed by atoms with Gasteiger partial charge in [-0.25, -0.2) is 0 Å². The number of carbonyl (C=O) groups excluding carboxylic acids is 1. The van der Waals surface area contributed by atoms with Crippen LogP contribution in [0.5, 0.6) is 0 Å². The lowest BCUT2D eigenvalue weighted by Crippen LogP contribution is -2.45. The fourth-order valence-corrected chi connectivity index (χ4v) is 3.69. The minimum Gasteiger partial charge on any atom is -0.347 e. The maximum Gasteiger partial charge on any atom is 0.312 e. The molecule has 0 radical (unpaired) electrons. The molecule has 1 unspecified atom stereocenters. The van der Waals surface area contributed by atoms with E-state index in [2.05, 4.69) is 9.68 Å². The Morgan fingerprint density at radius 1 is 0.821 bits per heavy atom. The zero-order valence-corrected chi connectivity index (χ0v) is 16.1. The van der Waals surface area contributed by atoms with Crippen LogP contribution in [0.25, 0.3) is 0 Å². The molecule has 0 saturated carbocycles. The van der Waals surface area contributed by atoms with Crippen molar-refractivity contribution >= 4 is 16.4 Å². The van der Waals surface area contributed by atoms with Crippen LogP contribution in [-0.4, -0.2) is 14.3 Å². The molecule has 3 aromatic rings. The average Bonchev–Trinajstić information content (AvgIpc) is 2.73. The predicted molar refractivity (Wildman–Crippen MR) is 108 cm³/mol. The zero-order chi connectivity index (χ0) is 20.0. The normalized spacial score (nSPS) is 12.0. The lowest BCUT2D eigenvalue weighted by atomic mass is 9.82. The summed E-state index contributed by atoms with van der Waals surface area (Å²) in [6.07, 6.45) is 0. The first kappa shape index (κ1) is 19.5. The Labute approximate surface area is 165 Å². The van der Waals surface area contributed by atoms with Crippen molar-refractivity contribution in [2.75, 3.05) is 0 Å². The van der Waals surface area contributed by atoms with Crippen molar-refractivity contribution in [1.82, 2.24) is 5.32 Å². The molecule has 3 aromatic carbocycles. The van der Waals surface area contributed by atoms with Crippen LogP contribution in [0.4, 0.5) is 0 Å². The third-order valence-electron chi connectivity index (χ3n) is 4.57. The smallest absolute Gasteiger partial charge is 0.312 e. The summed E-state index contributed by atoms with van der Waals surface area (Å²) >= 11 is 0. The van der Waals surface area contributed by atoms with Crippen LogP contribution in [0.1, 0.15) is 29.7 Å². The summed E-state index contributed by atoms with van der Waals surface area (Å²) in [5, 5.41) is 2.93. The van der Waals surface area contributed by atoms with Gasteiger partial charge in [-0.3, -0.25) is 4.79 Å². The summed E-state index contributed by atoms with van der Waals surface area (Å²) in [6.45, 7) is 1.85. The van der Waals surface area contributed by atoms with Crippen molar-refractivity contribution in [2.45, 2.75) is 18.5 Å². The van der Waals surface area contributed by atoms with Crippen molar-refractivity contribution < 1.29 is 13.2 Å². The second-order valence-corrected chi connectivity index (χ2v) is 6.97. The van der Waals surface area contributed by atoms with E-state index in [1.54, 1.807) is 60.7 Å². The molecular formula is C22H20N2O3S. The Morgan fingerprint density at radius 2 is 1.25 bits per heavy atom. The number of amides is 1.